The molecule has 1 fully saturated rings. The second-order valence-electron chi connectivity index (χ2n) is 4.37. The molecule has 1 rings (SSSR count). The Kier molecular flexibility index (Phi) is 5.69. The average Bonchev–Trinajstić information content (AvgIpc) is 2.76. The van der Waals surface area contributed by atoms with Crippen molar-refractivity contribution >= 4 is 5.97 Å². The van der Waals surface area contributed by atoms with Gasteiger partial charge in [-0.25, -0.2) is 0 Å². The molecule has 0 saturated heterocycles. The van der Waals surface area contributed by atoms with Crippen LogP contribution in [-0.2, 0) is 9.53 Å². The Morgan fingerprint density at radius 1 is 1.40 bits per heavy atom. The van der Waals surface area contributed by atoms with Crippen LogP contribution in [0.15, 0.2) is 0 Å². The van der Waals surface area contributed by atoms with Gasteiger partial charge in [-0.1, -0.05) is 19.8 Å². The van der Waals surface area contributed by atoms with E-state index in [4.69, 9.17) is 0 Å². The summed E-state index contributed by atoms with van der Waals surface area (Å²) in [7, 11) is 1.45. The minimum Gasteiger partial charge on any atom is -0.469 e. The summed E-state index contributed by atoms with van der Waals surface area (Å²) in [4.78, 5) is 13.4. The quantitative estimate of drug-likeness (QED) is 0.633. The van der Waals surface area contributed by atoms with E-state index < -0.39 is 0 Å². The number of esters is 1. The fourth-order valence-corrected chi connectivity index (χ4v) is 2.29. The van der Waals surface area contributed by atoms with E-state index in [1.165, 1.54) is 32.8 Å². The van der Waals surface area contributed by atoms with Crippen molar-refractivity contribution in [1.82, 2.24) is 4.90 Å². The van der Waals surface area contributed by atoms with Crippen LogP contribution in [0.3, 0.4) is 0 Å². The van der Waals surface area contributed by atoms with Gasteiger partial charge in [-0.2, -0.15) is 0 Å². The molecule has 1 aliphatic rings. The van der Waals surface area contributed by atoms with Crippen molar-refractivity contribution in [3.8, 4) is 0 Å². The van der Waals surface area contributed by atoms with Crippen molar-refractivity contribution in [2.75, 3.05) is 26.7 Å². The van der Waals surface area contributed by atoms with Gasteiger partial charge in [-0.15, -0.1) is 0 Å². The molecule has 0 heterocycles. The first-order chi connectivity index (χ1) is 7.26. The number of hydrogen-bond donors (Lipinski definition) is 0. The van der Waals surface area contributed by atoms with Crippen LogP contribution in [0.25, 0.3) is 0 Å². The molecule has 0 amide bonds. The lowest BCUT2D eigenvalue weighted by Crippen LogP contribution is -2.30. The van der Waals surface area contributed by atoms with Gasteiger partial charge in [0.1, 0.15) is 0 Å². The normalized spacial score (nSPS) is 17.3. The number of carbonyl (C=O) groups excluding carboxylic acids is 1. The predicted molar refractivity (Wildman–Crippen MR) is 60.7 cm³/mol. The van der Waals surface area contributed by atoms with Gasteiger partial charge in [-0.3, -0.25) is 4.79 Å². The Hall–Kier alpha value is -0.570. The molecule has 0 bridgehead atoms. The molecular formula is C12H23NO2. The van der Waals surface area contributed by atoms with Gasteiger partial charge >= 0.3 is 5.97 Å². The maximum atomic E-state index is 11.0. The summed E-state index contributed by atoms with van der Waals surface area (Å²) in [6, 6.07) is 0. The van der Waals surface area contributed by atoms with Crippen molar-refractivity contribution < 1.29 is 9.53 Å². The lowest BCUT2D eigenvalue weighted by molar-refractivity contribution is -0.141. The lowest BCUT2D eigenvalue weighted by Gasteiger charge is -2.23. The molecule has 3 nitrogen and oxygen atoms in total. The van der Waals surface area contributed by atoms with Gasteiger partial charge in [-0.05, 0) is 25.3 Å². The minimum absolute atomic E-state index is 0.0973. The Morgan fingerprint density at radius 2 is 2.07 bits per heavy atom. The molecule has 0 aromatic heterocycles. The molecule has 0 radical (unpaired) electrons. The predicted octanol–water partition coefficient (Wildman–Crippen LogP) is 2.06. The standard InChI is InChI=1S/C12H23NO2/c1-3-13(9-8-12(14)15-2)10-11-6-4-5-7-11/h11H,3-10H2,1-2H3. The Balaban J connectivity index is 2.19. The third-order valence-electron chi connectivity index (χ3n) is 3.30. The molecule has 3 heteroatoms. The summed E-state index contributed by atoms with van der Waals surface area (Å²) in [6.45, 7) is 5.20. The maximum absolute atomic E-state index is 11.0. The summed E-state index contributed by atoms with van der Waals surface area (Å²) in [5.74, 6) is 0.766. The largest absolute Gasteiger partial charge is 0.469 e. The Labute approximate surface area is 92.8 Å². The van der Waals surface area contributed by atoms with Crippen LogP contribution in [0.1, 0.15) is 39.0 Å². The molecular weight excluding hydrogens is 190 g/mol. The number of nitrogens with zero attached hydrogens (tertiary/aromatic N) is 1. The van der Waals surface area contributed by atoms with Crippen LogP contribution < -0.4 is 0 Å². The van der Waals surface area contributed by atoms with E-state index in [0.717, 1.165) is 25.6 Å². The second kappa shape index (κ2) is 6.83. The average molecular weight is 213 g/mol. The number of carbonyl (C=O) groups is 1. The highest BCUT2D eigenvalue weighted by molar-refractivity contribution is 5.69. The smallest absolute Gasteiger partial charge is 0.306 e. The summed E-state index contributed by atoms with van der Waals surface area (Å²) >= 11 is 0. The maximum Gasteiger partial charge on any atom is 0.306 e. The van der Waals surface area contributed by atoms with Gasteiger partial charge in [0.15, 0.2) is 0 Å². The van der Waals surface area contributed by atoms with E-state index in [1.54, 1.807) is 0 Å². The van der Waals surface area contributed by atoms with Crippen LogP contribution in [0.5, 0.6) is 0 Å². The number of hydrogen-bond acceptors (Lipinski definition) is 3. The third-order valence-corrected chi connectivity index (χ3v) is 3.30. The molecule has 0 atom stereocenters. The zero-order valence-electron chi connectivity index (χ0n) is 10.00. The van der Waals surface area contributed by atoms with E-state index in [2.05, 4.69) is 16.6 Å². The minimum atomic E-state index is -0.0973. The molecule has 0 aromatic carbocycles. The molecule has 0 unspecified atom stereocenters. The lowest BCUT2D eigenvalue weighted by atomic mass is 10.1. The number of methoxy groups -OCH3 is 1. The molecule has 1 saturated carbocycles. The molecule has 88 valence electrons. The second-order valence-corrected chi connectivity index (χ2v) is 4.37. The van der Waals surface area contributed by atoms with Crippen LogP contribution in [0, 0.1) is 5.92 Å². The molecule has 1 aliphatic carbocycles. The molecule has 0 spiro atoms. The highest BCUT2D eigenvalue weighted by Gasteiger charge is 2.18. The van der Waals surface area contributed by atoms with Crippen molar-refractivity contribution in [1.29, 1.82) is 0 Å². The van der Waals surface area contributed by atoms with Crippen molar-refractivity contribution in [2.45, 2.75) is 39.0 Å². The highest BCUT2D eigenvalue weighted by atomic mass is 16.5. The highest BCUT2D eigenvalue weighted by Crippen LogP contribution is 2.25. The van der Waals surface area contributed by atoms with Gasteiger partial charge in [0, 0.05) is 13.1 Å². The summed E-state index contributed by atoms with van der Waals surface area (Å²) < 4.78 is 4.65. The van der Waals surface area contributed by atoms with Gasteiger partial charge in [0.2, 0.25) is 0 Å². The zero-order valence-corrected chi connectivity index (χ0v) is 10.00. The SMILES string of the molecule is CCN(CCC(=O)OC)CC1CCCC1. The van der Waals surface area contributed by atoms with Crippen molar-refractivity contribution in [3.63, 3.8) is 0 Å². The third kappa shape index (κ3) is 4.65. The van der Waals surface area contributed by atoms with Crippen LogP contribution in [0.2, 0.25) is 0 Å². The van der Waals surface area contributed by atoms with Gasteiger partial charge in [0.05, 0.1) is 13.5 Å². The van der Waals surface area contributed by atoms with E-state index >= 15 is 0 Å². The molecule has 0 N–H and O–H groups in total. The van der Waals surface area contributed by atoms with E-state index in [9.17, 15) is 4.79 Å². The van der Waals surface area contributed by atoms with Crippen LogP contribution in [0.4, 0.5) is 0 Å². The topological polar surface area (TPSA) is 29.5 Å². The van der Waals surface area contributed by atoms with E-state index in [1.807, 2.05) is 0 Å². The number of ether oxygens (including phenoxy) is 1. The first-order valence-corrected chi connectivity index (χ1v) is 6.05. The van der Waals surface area contributed by atoms with Crippen molar-refractivity contribution in [3.05, 3.63) is 0 Å². The van der Waals surface area contributed by atoms with Crippen LogP contribution >= 0.6 is 0 Å². The fourth-order valence-electron chi connectivity index (χ4n) is 2.29. The molecule has 0 aromatic rings. The van der Waals surface area contributed by atoms with Gasteiger partial charge < -0.3 is 9.64 Å². The van der Waals surface area contributed by atoms with Gasteiger partial charge in [0.25, 0.3) is 0 Å². The summed E-state index contributed by atoms with van der Waals surface area (Å²) in [5, 5.41) is 0. The fraction of sp³-hybridized carbons (Fsp3) is 0.917. The number of rotatable bonds is 6. The molecule has 15 heavy (non-hydrogen) atoms. The monoisotopic (exact) mass is 213 g/mol. The van der Waals surface area contributed by atoms with E-state index in [0.29, 0.717) is 6.42 Å². The zero-order chi connectivity index (χ0) is 11.1. The summed E-state index contributed by atoms with van der Waals surface area (Å²) in [5.41, 5.74) is 0. The van der Waals surface area contributed by atoms with Crippen LogP contribution in [-0.4, -0.2) is 37.6 Å². The Morgan fingerprint density at radius 3 is 2.60 bits per heavy atom. The Bertz CT molecular complexity index is 188. The van der Waals surface area contributed by atoms with Crippen molar-refractivity contribution in [2.24, 2.45) is 5.92 Å². The van der Waals surface area contributed by atoms with E-state index in [-0.39, 0.29) is 5.97 Å². The first kappa shape index (κ1) is 12.5. The molecule has 0 aliphatic heterocycles. The summed E-state index contributed by atoms with van der Waals surface area (Å²) in [6.07, 6.45) is 6.04. The first-order valence-electron chi connectivity index (χ1n) is 6.05.